The Bertz CT molecular complexity index is 588. The van der Waals surface area contributed by atoms with Crippen LogP contribution in [0.15, 0.2) is 0 Å². The van der Waals surface area contributed by atoms with Gasteiger partial charge in [-0.25, -0.2) is 0 Å². The van der Waals surface area contributed by atoms with Gasteiger partial charge in [0.2, 0.25) is 5.91 Å². The van der Waals surface area contributed by atoms with E-state index >= 15 is 0 Å². The van der Waals surface area contributed by atoms with Crippen molar-refractivity contribution in [1.82, 2.24) is 0 Å². The minimum atomic E-state index is -0.374. The number of primary amides is 1. The number of nitrogens with zero attached hydrogens (tertiary/aromatic N) is 1. The molecule has 1 aromatic heterocycles. The summed E-state index contributed by atoms with van der Waals surface area (Å²) in [7, 11) is 0. The van der Waals surface area contributed by atoms with E-state index in [0.29, 0.717) is 12.0 Å². The van der Waals surface area contributed by atoms with Crippen LogP contribution in [-0.2, 0) is 17.6 Å². The van der Waals surface area contributed by atoms with Gasteiger partial charge in [-0.1, -0.05) is 19.8 Å². The molecule has 0 spiro atoms. The zero-order valence-corrected chi connectivity index (χ0v) is 14.0. The molecule has 0 radical (unpaired) electrons. The Morgan fingerprint density at radius 1 is 1.18 bits per heavy atom. The SMILES string of the molecule is CCC(=O)N(c1sc2c(c1C(N)=O)CCCC2)C1CCCC1. The van der Waals surface area contributed by atoms with Crippen molar-refractivity contribution in [3.63, 3.8) is 0 Å². The molecule has 0 aromatic carbocycles. The van der Waals surface area contributed by atoms with Gasteiger partial charge in [-0.15, -0.1) is 11.3 Å². The number of thiophene rings is 1. The summed E-state index contributed by atoms with van der Waals surface area (Å²) in [6.45, 7) is 1.89. The number of amides is 2. The standard InChI is InChI=1S/C17H24N2O2S/c1-2-14(20)19(11-7-3-4-8-11)17-15(16(18)21)12-9-5-6-10-13(12)22-17/h11H,2-10H2,1H3,(H2,18,21). The molecule has 2 aliphatic rings. The predicted molar refractivity (Wildman–Crippen MR) is 89.5 cm³/mol. The van der Waals surface area contributed by atoms with Gasteiger partial charge in [0, 0.05) is 17.3 Å². The first-order valence-corrected chi connectivity index (χ1v) is 9.21. The van der Waals surface area contributed by atoms with Gasteiger partial charge in [-0.2, -0.15) is 0 Å². The molecular formula is C17H24N2O2S. The number of aryl methyl sites for hydroxylation is 1. The first-order valence-electron chi connectivity index (χ1n) is 8.39. The van der Waals surface area contributed by atoms with Gasteiger partial charge < -0.3 is 10.6 Å². The largest absolute Gasteiger partial charge is 0.365 e. The summed E-state index contributed by atoms with van der Waals surface area (Å²) in [4.78, 5) is 27.8. The van der Waals surface area contributed by atoms with Gasteiger partial charge in [0.25, 0.3) is 5.91 Å². The normalized spacial score (nSPS) is 18.2. The van der Waals surface area contributed by atoms with Gasteiger partial charge in [0.1, 0.15) is 5.00 Å². The maximum Gasteiger partial charge on any atom is 0.252 e. The summed E-state index contributed by atoms with van der Waals surface area (Å²) in [5.41, 5.74) is 7.44. The topological polar surface area (TPSA) is 63.4 Å². The zero-order chi connectivity index (χ0) is 15.7. The number of anilines is 1. The van der Waals surface area contributed by atoms with Crippen molar-refractivity contribution in [3.8, 4) is 0 Å². The lowest BCUT2D eigenvalue weighted by Crippen LogP contribution is -2.39. The number of carbonyl (C=O) groups excluding carboxylic acids is 2. The summed E-state index contributed by atoms with van der Waals surface area (Å²) < 4.78 is 0. The Labute approximate surface area is 135 Å². The number of hydrogen-bond donors (Lipinski definition) is 1. The summed E-state index contributed by atoms with van der Waals surface area (Å²) in [5.74, 6) is -0.255. The second-order valence-corrected chi connectivity index (χ2v) is 7.39. The molecule has 120 valence electrons. The Morgan fingerprint density at radius 2 is 1.86 bits per heavy atom. The summed E-state index contributed by atoms with van der Waals surface area (Å²) in [5, 5.41) is 0.832. The number of fused-ring (bicyclic) bond motifs is 1. The van der Waals surface area contributed by atoms with E-state index in [2.05, 4.69) is 0 Å². The molecule has 1 fully saturated rings. The minimum Gasteiger partial charge on any atom is -0.365 e. The molecule has 2 amide bonds. The van der Waals surface area contributed by atoms with E-state index < -0.39 is 0 Å². The Hall–Kier alpha value is -1.36. The van der Waals surface area contributed by atoms with Gasteiger partial charge >= 0.3 is 0 Å². The van der Waals surface area contributed by atoms with Crippen molar-refractivity contribution in [2.75, 3.05) is 4.90 Å². The van der Waals surface area contributed by atoms with Crippen LogP contribution in [0.25, 0.3) is 0 Å². The smallest absolute Gasteiger partial charge is 0.252 e. The van der Waals surface area contributed by atoms with Crippen LogP contribution in [0.2, 0.25) is 0 Å². The first-order chi connectivity index (χ1) is 10.6. The van der Waals surface area contributed by atoms with E-state index in [-0.39, 0.29) is 17.9 Å². The molecule has 0 bridgehead atoms. The van der Waals surface area contributed by atoms with Crippen LogP contribution in [-0.4, -0.2) is 17.9 Å². The lowest BCUT2D eigenvalue weighted by molar-refractivity contribution is -0.118. The van der Waals surface area contributed by atoms with Crippen molar-refractivity contribution in [2.24, 2.45) is 5.73 Å². The molecule has 1 aromatic rings. The molecule has 0 atom stereocenters. The van der Waals surface area contributed by atoms with E-state index in [1.165, 1.54) is 4.88 Å². The Morgan fingerprint density at radius 3 is 2.50 bits per heavy atom. The summed E-state index contributed by atoms with van der Waals surface area (Å²) >= 11 is 1.63. The Balaban J connectivity index is 2.08. The van der Waals surface area contributed by atoms with Crippen molar-refractivity contribution in [2.45, 2.75) is 70.8 Å². The van der Waals surface area contributed by atoms with Crippen LogP contribution in [0.1, 0.15) is 72.7 Å². The van der Waals surface area contributed by atoms with Crippen molar-refractivity contribution >= 4 is 28.2 Å². The molecule has 0 unspecified atom stereocenters. The quantitative estimate of drug-likeness (QED) is 0.924. The molecule has 3 rings (SSSR count). The van der Waals surface area contributed by atoms with Crippen molar-refractivity contribution in [1.29, 1.82) is 0 Å². The van der Waals surface area contributed by atoms with Gasteiger partial charge in [-0.3, -0.25) is 9.59 Å². The molecular weight excluding hydrogens is 296 g/mol. The van der Waals surface area contributed by atoms with Gasteiger partial charge in [0.15, 0.2) is 0 Å². The minimum absolute atomic E-state index is 0.119. The van der Waals surface area contributed by atoms with Crippen LogP contribution in [0.5, 0.6) is 0 Å². The fourth-order valence-electron chi connectivity index (χ4n) is 3.79. The Kier molecular flexibility index (Phi) is 4.52. The monoisotopic (exact) mass is 320 g/mol. The van der Waals surface area contributed by atoms with E-state index in [1.807, 2.05) is 11.8 Å². The highest BCUT2D eigenvalue weighted by atomic mass is 32.1. The second kappa shape index (κ2) is 6.41. The van der Waals surface area contributed by atoms with Gasteiger partial charge in [0.05, 0.1) is 5.56 Å². The molecule has 22 heavy (non-hydrogen) atoms. The van der Waals surface area contributed by atoms with Crippen LogP contribution < -0.4 is 10.6 Å². The molecule has 1 saturated carbocycles. The fourth-order valence-corrected chi connectivity index (χ4v) is 5.27. The molecule has 5 heteroatoms. The molecule has 0 saturated heterocycles. The molecule has 2 aliphatic carbocycles. The number of hydrogen-bond acceptors (Lipinski definition) is 3. The van der Waals surface area contributed by atoms with E-state index in [1.54, 1.807) is 11.3 Å². The van der Waals surface area contributed by atoms with E-state index in [9.17, 15) is 9.59 Å². The van der Waals surface area contributed by atoms with Crippen LogP contribution >= 0.6 is 11.3 Å². The lowest BCUT2D eigenvalue weighted by Gasteiger charge is -2.28. The highest BCUT2D eigenvalue weighted by Gasteiger charge is 2.34. The van der Waals surface area contributed by atoms with E-state index in [0.717, 1.165) is 61.9 Å². The maximum absolute atomic E-state index is 12.6. The molecule has 0 aliphatic heterocycles. The van der Waals surface area contributed by atoms with Crippen molar-refractivity contribution in [3.05, 3.63) is 16.0 Å². The maximum atomic E-state index is 12.6. The predicted octanol–water partition coefficient (Wildman–Crippen LogP) is 3.41. The summed E-state index contributed by atoms with van der Waals surface area (Å²) in [6, 6.07) is 0.241. The molecule has 2 N–H and O–H groups in total. The van der Waals surface area contributed by atoms with Crippen LogP contribution in [0.4, 0.5) is 5.00 Å². The van der Waals surface area contributed by atoms with Crippen LogP contribution in [0.3, 0.4) is 0 Å². The average molecular weight is 320 g/mol. The highest BCUT2D eigenvalue weighted by molar-refractivity contribution is 7.17. The number of rotatable bonds is 4. The van der Waals surface area contributed by atoms with Crippen LogP contribution in [0, 0.1) is 0 Å². The highest BCUT2D eigenvalue weighted by Crippen LogP contribution is 2.42. The van der Waals surface area contributed by atoms with Crippen molar-refractivity contribution < 1.29 is 9.59 Å². The third-order valence-electron chi connectivity index (χ3n) is 4.88. The van der Waals surface area contributed by atoms with Gasteiger partial charge in [-0.05, 0) is 44.1 Å². The summed E-state index contributed by atoms with van der Waals surface area (Å²) in [6.07, 6.45) is 9.06. The average Bonchev–Trinajstić information content (AvgIpc) is 3.14. The first kappa shape index (κ1) is 15.5. The third kappa shape index (κ3) is 2.67. The van der Waals surface area contributed by atoms with E-state index in [4.69, 9.17) is 5.73 Å². The second-order valence-electron chi connectivity index (χ2n) is 6.31. The molecule has 4 nitrogen and oxygen atoms in total. The fraction of sp³-hybridized carbons (Fsp3) is 0.647. The number of nitrogens with two attached hydrogens (primary N) is 1. The zero-order valence-electron chi connectivity index (χ0n) is 13.2. The lowest BCUT2D eigenvalue weighted by atomic mass is 9.95. The number of carbonyl (C=O) groups is 2. The molecule has 1 heterocycles. The third-order valence-corrected chi connectivity index (χ3v) is 6.17.